The van der Waals surface area contributed by atoms with E-state index in [9.17, 15) is 0 Å². The van der Waals surface area contributed by atoms with E-state index in [1.54, 1.807) is 0 Å². The smallest absolute Gasteiger partial charge is 0.118 e. The van der Waals surface area contributed by atoms with Gasteiger partial charge in [-0.15, -0.1) is 6.42 Å². The second kappa shape index (κ2) is 3.70. The molecule has 1 unspecified atom stereocenters. The zero-order valence-electron chi connectivity index (χ0n) is 4.48. The Hall–Kier alpha value is -0.480. The molecule has 1 radical (unpaired) electrons. The molecule has 0 N–H and O–H groups in total. The van der Waals surface area contributed by atoms with Crippen LogP contribution in [0.1, 0.15) is 6.92 Å². The summed E-state index contributed by atoms with van der Waals surface area (Å²) >= 11 is 0. The molecule has 0 aromatic heterocycles. The second-order valence-electron chi connectivity index (χ2n) is 1.11. The Morgan fingerprint density at radius 3 is 2.71 bits per heavy atom. The van der Waals surface area contributed by atoms with Gasteiger partial charge in [0.1, 0.15) is 6.10 Å². The third-order valence-corrected chi connectivity index (χ3v) is 0.554. The molecule has 0 bridgehead atoms. The highest BCUT2D eigenvalue weighted by molar-refractivity contribution is 4.95. The van der Waals surface area contributed by atoms with E-state index in [2.05, 4.69) is 12.8 Å². The Morgan fingerprint density at radius 2 is 2.57 bits per heavy atom. The summed E-state index contributed by atoms with van der Waals surface area (Å²) in [4.78, 5) is 0. The lowest BCUT2D eigenvalue weighted by Gasteiger charge is -1.99. The van der Waals surface area contributed by atoms with Gasteiger partial charge in [0, 0.05) is 6.61 Å². The Morgan fingerprint density at radius 1 is 2.00 bits per heavy atom. The predicted octanol–water partition coefficient (Wildman–Crippen LogP) is 0.859. The summed E-state index contributed by atoms with van der Waals surface area (Å²) in [6.45, 7) is 6.01. The molecular weight excluding hydrogens is 88.1 g/mol. The van der Waals surface area contributed by atoms with E-state index < -0.39 is 0 Å². The van der Waals surface area contributed by atoms with Gasteiger partial charge in [-0.3, -0.25) is 0 Å². The predicted molar refractivity (Wildman–Crippen MR) is 29.6 cm³/mol. The Bertz CT molecular complexity index is 70.7. The lowest BCUT2D eigenvalue weighted by molar-refractivity contribution is 0.132. The van der Waals surface area contributed by atoms with Crippen molar-refractivity contribution in [1.29, 1.82) is 0 Å². The second-order valence-corrected chi connectivity index (χ2v) is 1.11. The van der Waals surface area contributed by atoms with Gasteiger partial charge in [-0.25, -0.2) is 0 Å². The zero-order valence-corrected chi connectivity index (χ0v) is 4.48. The summed E-state index contributed by atoms with van der Waals surface area (Å²) in [5.41, 5.74) is 0. The molecule has 0 amide bonds. The molecule has 1 atom stereocenters. The fourth-order valence-corrected chi connectivity index (χ4v) is 0.249. The monoisotopic (exact) mass is 97.1 g/mol. The minimum Gasteiger partial charge on any atom is -0.366 e. The summed E-state index contributed by atoms with van der Waals surface area (Å²) in [6.07, 6.45) is 4.65. The molecule has 0 heterocycles. The highest BCUT2D eigenvalue weighted by Gasteiger charge is 1.88. The Balaban J connectivity index is 3.04. The topological polar surface area (TPSA) is 9.23 Å². The molecule has 0 saturated carbocycles. The molecule has 0 fully saturated rings. The molecule has 0 aromatic carbocycles. The first kappa shape index (κ1) is 6.52. The van der Waals surface area contributed by atoms with Crippen LogP contribution in [0.3, 0.4) is 0 Å². The van der Waals surface area contributed by atoms with Gasteiger partial charge in [0.15, 0.2) is 0 Å². The molecule has 0 spiro atoms. The van der Waals surface area contributed by atoms with Crippen LogP contribution in [0.25, 0.3) is 0 Å². The molecule has 1 heteroatoms. The Labute approximate surface area is 44.7 Å². The van der Waals surface area contributed by atoms with Crippen molar-refractivity contribution in [1.82, 2.24) is 0 Å². The molecule has 0 rings (SSSR count). The number of hydrogen-bond donors (Lipinski definition) is 0. The lowest BCUT2D eigenvalue weighted by atomic mass is 10.4. The summed E-state index contributed by atoms with van der Waals surface area (Å²) < 4.78 is 4.84. The first-order valence-electron chi connectivity index (χ1n) is 2.22. The first-order valence-corrected chi connectivity index (χ1v) is 2.22. The van der Waals surface area contributed by atoms with Gasteiger partial charge in [0.05, 0.1) is 0 Å². The van der Waals surface area contributed by atoms with Crippen molar-refractivity contribution in [2.45, 2.75) is 13.0 Å². The number of hydrogen-bond acceptors (Lipinski definition) is 1. The highest BCUT2D eigenvalue weighted by Crippen LogP contribution is 1.82. The van der Waals surface area contributed by atoms with E-state index >= 15 is 0 Å². The van der Waals surface area contributed by atoms with Crippen LogP contribution in [-0.4, -0.2) is 12.7 Å². The molecule has 0 aliphatic heterocycles. The first-order chi connectivity index (χ1) is 3.31. The highest BCUT2D eigenvalue weighted by atomic mass is 16.5. The standard InChI is InChI=1S/C6H9O/c1-4-6(3)7-5-2/h1,6H,3,5H2,2H3. The Kier molecular flexibility index (Phi) is 3.45. The fourth-order valence-electron chi connectivity index (χ4n) is 0.249. The van der Waals surface area contributed by atoms with Crippen LogP contribution in [0.4, 0.5) is 0 Å². The van der Waals surface area contributed by atoms with Crippen LogP contribution in [0.5, 0.6) is 0 Å². The van der Waals surface area contributed by atoms with Crippen molar-refractivity contribution in [3.63, 3.8) is 0 Å². The average Bonchev–Trinajstić information content (AvgIpc) is 1.68. The summed E-state index contributed by atoms with van der Waals surface area (Å²) in [5, 5.41) is 0. The zero-order chi connectivity index (χ0) is 5.70. The quantitative estimate of drug-likeness (QED) is 0.464. The van der Waals surface area contributed by atoms with Gasteiger partial charge in [-0.05, 0) is 13.8 Å². The summed E-state index contributed by atoms with van der Waals surface area (Å²) in [6, 6.07) is 0. The molecule has 0 saturated heterocycles. The molecule has 0 aromatic rings. The molecule has 0 aliphatic carbocycles. The van der Waals surface area contributed by atoms with E-state index in [0.29, 0.717) is 6.61 Å². The fraction of sp³-hybridized carbons (Fsp3) is 0.500. The maximum atomic E-state index is 4.92. The average molecular weight is 97.1 g/mol. The van der Waals surface area contributed by atoms with Crippen LogP contribution in [0.15, 0.2) is 0 Å². The number of terminal acetylenes is 1. The van der Waals surface area contributed by atoms with Crippen LogP contribution in [0, 0.1) is 19.3 Å². The van der Waals surface area contributed by atoms with E-state index in [1.807, 2.05) is 6.92 Å². The van der Waals surface area contributed by atoms with Gasteiger partial charge in [-0.2, -0.15) is 0 Å². The molecule has 39 valence electrons. The number of ether oxygens (including phenoxy) is 1. The third kappa shape index (κ3) is 3.35. The van der Waals surface area contributed by atoms with Gasteiger partial charge < -0.3 is 4.74 Å². The van der Waals surface area contributed by atoms with Crippen molar-refractivity contribution >= 4 is 0 Å². The molecule has 7 heavy (non-hydrogen) atoms. The number of rotatable bonds is 2. The van der Waals surface area contributed by atoms with E-state index in [0.717, 1.165) is 0 Å². The molecular formula is C6H9O. The van der Waals surface area contributed by atoms with Crippen molar-refractivity contribution in [3.05, 3.63) is 6.92 Å². The van der Waals surface area contributed by atoms with Crippen LogP contribution < -0.4 is 0 Å². The van der Waals surface area contributed by atoms with Crippen LogP contribution in [-0.2, 0) is 4.74 Å². The minimum atomic E-state index is -0.273. The van der Waals surface area contributed by atoms with E-state index in [1.165, 1.54) is 0 Å². The summed E-state index contributed by atoms with van der Waals surface area (Å²) in [5.74, 6) is 2.33. The van der Waals surface area contributed by atoms with Gasteiger partial charge >= 0.3 is 0 Å². The molecule has 0 aliphatic rings. The van der Waals surface area contributed by atoms with Crippen molar-refractivity contribution < 1.29 is 4.74 Å². The molecule has 1 nitrogen and oxygen atoms in total. The van der Waals surface area contributed by atoms with Crippen LogP contribution in [0.2, 0.25) is 0 Å². The SMILES string of the molecule is C#CC([CH2])OCC. The summed E-state index contributed by atoms with van der Waals surface area (Å²) in [7, 11) is 0. The van der Waals surface area contributed by atoms with Crippen molar-refractivity contribution in [2.75, 3.05) is 6.61 Å². The van der Waals surface area contributed by atoms with Crippen LogP contribution >= 0.6 is 0 Å². The maximum absolute atomic E-state index is 4.92. The third-order valence-electron chi connectivity index (χ3n) is 0.554. The van der Waals surface area contributed by atoms with Gasteiger partial charge in [-0.1, -0.05) is 5.92 Å². The van der Waals surface area contributed by atoms with Gasteiger partial charge in [0.25, 0.3) is 0 Å². The lowest BCUT2D eigenvalue weighted by Crippen LogP contribution is -2.03. The minimum absolute atomic E-state index is 0.273. The van der Waals surface area contributed by atoms with Crippen molar-refractivity contribution in [2.24, 2.45) is 0 Å². The largest absolute Gasteiger partial charge is 0.366 e. The normalized spacial score (nSPS) is 12.7. The van der Waals surface area contributed by atoms with Gasteiger partial charge in [0.2, 0.25) is 0 Å². The maximum Gasteiger partial charge on any atom is 0.118 e. The van der Waals surface area contributed by atoms with E-state index in [-0.39, 0.29) is 6.10 Å². The van der Waals surface area contributed by atoms with E-state index in [4.69, 9.17) is 11.2 Å². The van der Waals surface area contributed by atoms with Crippen molar-refractivity contribution in [3.8, 4) is 12.3 Å².